The summed E-state index contributed by atoms with van der Waals surface area (Å²) in [6.07, 6.45) is 6.54. The van der Waals surface area contributed by atoms with Crippen LogP contribution >= 0.6 is 28.4 Å². The van der Waals surface area contributed by atoms with E-state index in [1.165, 1.54) is 0 Å². The summed E-state index contributed by atoms with van der Waals surface area (Å²) < 4.78 is 16.6. The quantitative estimate of drug-likeness (QED) is 0.210. The van der Waals surface area contributed by atoms with Gasteiger partial charge in [0.2, 0.25) is 5.88 Å². The number of anilines is 1. The summed E-state index contributed by atoms with van der Waals surface area (Å²) in [6, 6.07) is 12.7. The third-order valence-electron chi connectivity index (χ3n) is 8.39. The number of piperazine rings is 1. The minimum absolute atomic E-state index is 0. The fraction of sp³-hybridized carbons (Fsp3) is 0.387. The summed E-state index contributed by atoms with van der Waals surface area (Å²) in [5, 5.41) is 10.5. The predicted octanol–water partition coefficient (Wildman–Crippen LogP) is 5.16. The number of hydrogen-bond acceptors (Lipinski definition) is 7. The van der Waals surface area contributed by atoms with Gasteiger partial charge in [-0.1, -0.05) is 13.5 Å². The largest absolute Gasteiger partial charge is 0.480 e. The average molecular weight is 714 g/mol. The zero-order valence-electron chi connectivity index (χ0n) is 23.7. The molecule has 10 nitrogen and oxygen atoms in total. The third-order valence-corrected chi connectivity index (χ3v) is 10.3. The summed E-state index contributed by atoms with van der Waals surface area (Å²) in [5.74, 6) is 1.41. The Morgan fingerprint density at radius 2 is 1.81 bits per heavy atom. The molecule has 12 heteroatoms. The first-order valence-electron chi connectivity index (χ1n) is 14.2. The van der Waals surface area contributed by atoms with Crippen LogP contribution < -0.4 is 14.4 Å². The number of carbonyl (C=O) groups is 1. The molecule has 0 spiro atoms. The number of hydrogen-bond donors (Lipinski definition) is 0. The molecule has 4 bridgehead atoms. The first-order chi connectivity index (χ1) is 20.5. The smallest absolute Gasteiger partial charge is 0.263 e. The molecule has 226 valence electrons. The lowest BCUT2D eigenvalue weighted by atomic mass is 10.0. The Labute approximate surface area is 266 Å². The second kappa shape index (κ2) is 12.5. The van der Waals surface area contributed by atoms with Crippen LogP contribution in [0.25, 0.3) is 34.2 Å². The topological polar surface area (TPSA) is 80.9 Å². The van der Waals surface area contributed by atoms with E-state index in [9.17, 15) is 4.79 Å². The first-order valence-corrected chi connectivity index (χ1v) is 18.3. The number of amides is 1. The van der Waals surface area contributed by atoms with Gasteiger partial charge < -0.3 is 24.2 Å². The van der Waals surface area contributed by atoms with E-state index in [1.807, 2.05) is 22.6 Å². The normalized spacial score (nSPS) is 20.1. The van der Waals surface area contributed by atoms with Gasteiger partial charge in [0.05, 0.1) is 35.9 Å². The van der Waals surface area contributed by atoms with Crippen molar-refractivity contribution < 1.29 is 14.3 Å². The fourth-order valence-corrected chi connectivity index (χ4v) is 7.47. The van der Waals surface area contributed by atoms with Crippen molar-refractivity contribution in [1.82, 2.24) is 29.1 Å². The summed E-state index contributed by atoms with van der Waals surface area (Å²) in [6.45, 7) is 5.46. The van der Waals surface area contributed by atoms with E-state index >= 15 is 0 Å². The van der Waals surface area contributed by atoms with Crippen LogP contribution in [0.3, 0.4) is 0 Å². The molecule has 5 heterocycles. The van der Waals surface area contributed by atoms with Crippen LogP contribution in [0, 0.1) is 0 Å². The zero-order valence-corrected chi connectivity index (χ0v) is 26.8. The van der Waals surface area contributed by atoms with E-state index in [4.69, 9.17) is 14.6 Å². The maximum atomic E-state index is 13.4. The van der Waals surface area contributed by atoms with Gasteiger partial charge in [-0.3, -0.25) is 4.79 Å². The number of halogens is 1. The molecule has 3 aliphatic heterocycles. The van der Waals surface area contributed by atoms with Crippen LogP contribution in [-0.2, 0) is 11.8 Å². The Bertz CT molecular complexity index is 1680. The van der Waals surface area contributed by atoms with Crippen molar-refractivity contribution >= 4 is 63.1 Å². The Kier molecular flexibility index (Phi) is 8.66. The molecule has 7 rings (SSSR count). The standard InChI is InChI=1S/C30H33IN7O3P.CH4/c1-34-11-13-36(14-12-34)22-6-3-20-4-7-25-23-17-21(5-8-26(23)38(33-25)42-31)24-19-32-35(2)30(24)40-16-15-37-10-9-27(29(37)39)41-28(20)18-22;/h3-8,17-19,27,42H,9-16H2,1-2H3;1H4/b7-4+;. The number of likely N-dealkylation sites (N-methyl/N-ethyl adjacent to an activating group) is 1. The highest BCUT2D eigenvalue weighted by atomic mass is 127. The highest BCUT2D eigenvalue weighted by Gasteiger charge is 2.34. The van der Waals surface area contributed by atoms with Gasteiger partial charge in [-0.05, 0) is 71.1 Å². The second-order valence-electron chi connectivity index (χ2n) is 11.0. The van der Waals surface area contributed by atoms with E-state index in [0.717, 1.165) is 70.9 Å². The molecule has 3 aliphatic rings. The summed E-state index contributed by atoms with van der Waals surface area (Å²) in [4.78, 5) is 20.0. The number of aryl methyl sites for hydroxylation is 1. The molecule has 0 N–H and O–H groups in total. The van der Waals surface area contributed by atoms with Crippen molar-refractivity contribution in [2.75, 3.05) is 57.8 Å². The van der Waals surface area contributed by atoms with Crippen molar-refractivity contribution in [1.29, 1.82) is 0 Å². The molecule has 4 aromatic rings. The number of nitrogens with zero attached hydrogens (tertiary/aromatic N) is 7. The van der Waals surface area contributed by atoms with E-state index in [0.29, 0.717) is 38.4 Å². The second-order valence-corrected chi connectivity index (χ2v) is 13.1. The number of aromatic nitrogens is 4. The number of fused-ring (bicyclic) bond motifs is 6. The van der Waals surface area contributed by atoms with Gasteiger partial charge in [-0.2, -0.15) is 10.2 Å². The molecule has 2 fully saturated rings. The maximum absolute atomic E-state index is 13.4. The van der Waals surface area contributed by atoms with Crippen LogP contribution in [0.5, 0.6) is 11.6 Å². The van der Waals surface area contributed by atoms with Gasteiger partial charge in [-0.25, -0.2) is 9.13 Å². The molecular formula is C31H37IN7O3P. The van der Waals surface area contributed by atoms with E-state index in [2.05, 4.69) is 92.5 Å². The van der Waals surface area contributed by atoms with Gasteiger partial charge in [0, 0.05) is 68.9 Å². The minimum Gasteiger partial charge on any atom is -0.480 e. The van der Waals surface area contributed by atoms with Crippen LogP contribution in [0.1, 0.15) is 25.1 Å². The Morgan fingerprint density at radius 3 is 2.63 bits per heavy atom. The molecule has 43 heavy (non-hydrogen) atoms. The molecule has 0 saturated carbocycles. The predicted molar refractivity (Wildman–Crippen MR) is 183 cm³/mol. The molecule has 2 unspecified atom stereocenters. The highest BCUT2D eigenvalue weighted by molar-refractivity contribution is 14.2. The molecule has 2 aromatic carbocycles. The first kappa shape index (κ1) is 29.9. The van der Waals surface area contributed by atoms with Crippen molar-refractivity contribution in [3.05, 3.63) is 53.9 Å². The summed E-state index contributed by atoms with van der Waals surface area (Å²) >= 11 is 2.37. The van der Waals surface area contributed by atoms with Gasteiger partial charge >= 0.3 is 0 Å². The number of carbonyl (C=O) groups excluding carboxylic acids is 1. The lowest BCUT2D eigenvalue weighted by molar-refractivity contribution is -0.133. The lowest BCUT2D eigenvalue weighted by Crippen LogP contribution is -2.44. The van der Waals surface area contributed by atoms with Gasteiger partial charge in [0.15, 0.2) is 6.10 Å². The van der Waals surface area contributed by atoms with Crippen LogP contribution in [0.15, 0.2) is 42.6 Å². The minimum atomic E-state index is -0.524. The number of benzene rings is 2. The molecule has 0 radical (unpaired) electrons. The molecule has 1 amide bonds. The SMILES string of the molecule is C.CN1CCN(c2ccc3c(c2)OC2CCN(CCOc4c(cnn4C)-c4ccc5c(c4)c(nn5PI)/C=C/3)C2=O)CC1. The molecule has 2 saturated heterocycles. The van der Waals surface area contributed by atoms with Crippen LogP contribution in [0.2, 0.25) is 0 Å². The third kappa shape index (κ3) is 5.74. The monoisotopic (exact) mass is 713 g/mol. The molecule has 2 aromatic heterocycles. The molecule has 0 aliphatic carbocycles. The maximum Gasteiger partial charge on any atom is 0.263 e. The number of rotatable bonds is 2. The van der Waals surface area contributed by atoms with Gasteiger partial charge in [0.25, 0.3) is 5.91 Å². The van der Waals surface area contributed by atoms with Gasteiger partial charge in [0.1, 0.15) is 12.4 Å². The van der Waals surface area contributed by atoms with Crippen molar-refractivity contribution in [3.63, 3.8) is 0 Å². The van der Waals surface area contributed by atoms with Crippen molar-refractivity contribution in [2.24, 2.45) is 7.05 Å². The summed E-state index contributed by atoms with van der Waals surface area (Å²) in [7, 11) is 4.03. The zero-order chi connectivity index (χ0) is 28.8. The lowest BCUT2D eigenvalue weighted by Gasteiger charge is -2.34. The van der Waals surface area contributed by atoms with Gasteiger partial charge in [-0.15, -0.1) is 0 Å². The van der Waals surface area contributed by atoms with E-state index < -0.39 is 6.10 Å². The average Bonchev–Trinajstić information content (AvgIpc) is 3.67. The van der Waals surface area contributed by atoms with Crippen LogP contribution in [0.4, 0.5) is 5.69 Å². The summed E-state index contributed by atoms with van der Waals surface area (Å²) in [5.41, 5.74) is 5.93. The fourth-order valence-electron chi connectivity index (χ4n) is 5.93. The Morgan fingerprint density at radius 1 is 0.977 bits per heavy atom. The number of ether oxygens (including phenoxy) is 2. The van der Waals surface area contributed by atoms with E-state index in [-0.39, 0.29) is 13.3 Å². The van der Waals surface area contributed by atoms with Crippen molar-refractivity contribution in [3.8, 4) is 22.8 Å². The Hall–Kier alpha value is -3.15. The molecular weight excluding hydrogens is 676 g/mol. The Balaban J connectivity index is 0.00000329. The van der Waals surface area contributed by atoms with Crippen molar-refractivity contribution in [2.45, 2.75) is 20.0 Å². The van der Waals surface area contributed by atoms with Crippen LogP contribution in [-0.4, -0.2) is 94.1 Å². The molecule has 2 atom stereocenters. The van der Waals surface area contributed by atoms with E-state index in [1.54, 1.807) is 4.68 Å². The highest BCUT2D eigenvalue weighted by Crippen LogP contribution is 2.37.